The maximum Gasteiger partial charge on any atom is 0.415 e. The first-order chi connectivity index (χ1) is 12.4. The predicted molar refractivity (Wildman–Crippen MR) is 106 cm³/mol. The van der Waals surface area contributed by atoms with Crippen LogP contribution in [0.15, 0.2) is 18.2 Å². The van der Waals surface area contributed by atoms with Gasteiger partial charge in [0.25, 0.3) is 0 Å². The van der Waals surface area contributed by atoms with Crippen molar-refractivity contribution in [1.82, 2.24) is 4.90 Å². The van der Waals surface area contributed by atoms with E-state index in [0.717, 1.165) is 19.3 Å². The average Bonchev–Trinajstić information content (AvgIpc) is 2.62. The molecular weight excluding hydrogens is 324 g/mol. The Kier molecular flexibility index (Phi) is 5.61. The van der Waals surface area contributed by atoms with Crippen LogP contribution in [0.1, 0.15) is 70.4 Å². The van der Waals surface area contributed by atoms with Crippen LogP contribution in [0.5, 0.6) is 5.75 Å². The molecular formula is C22H34N2O2. The van der Waals surface area contributed by atoms with Gasteiger partial charge in [-0.2, -0.15) is 0 Å². The minimum Gasteiger partial charge on any atom is -0.410 e. The predicted octanol–water partition coefficient (Wildman–Crippen LogP) is 4.64. The highest BCUT2D eigenvalue weighted by molar-refractivity contribution is 5.71. The third kappa shape index (κ3) is 3.36. The largest absolute Gasteiger partial charge is 0.415 e. The van der Waals surface area contributed by atoms with Crippen molar-refractivity contribution in [2.24, 2.45) is 11.7 Å². The van der Waals surface area contributed by atoms with Crippen molar-refractivity contribution in [3.8, 4) is 5.75 Å². The summed E-state index contributed by atoms with van der Waals surface area (Å²) in [5, 5.41) is 0. The molecule has 2 N–H and O–H groups in total. The van der Waals surface area contributed by atoms with Crippen LogP contribution in [-0.4, -0.2) is 30.1 Å². The maximum atomic E-state index is 12.3. The van der Waals surface area contributed by atoms with E-state index in [9.17, 15) is 4.79 Å². The van der Waals surface area contributed by atoms with Gasteiger partial charge in [-0.3, -0.25) is 0 Å². The van der Waals surface area contributed by atoms with Crippen LogP contribution in [-0.2, 0) is 11.8 Å². The number of ether oxygens (including phenoxy) is 1. The summed E-state index contributed by atoms with van der Waals surface area (Å²) in [5.74, 6) is 1.21. The summed E-state index contributed by atoms with van der Waals surface area (Å²) in [5.41, 5.74) is 9.58. The van der Waals surface area contributed by atoms with E-state index >= 15 is 0 Å². The quantitative estimate of drug-likeness (QED) is 0.856. The van der Waals surface area contributed by atoms with Gasteiger partial charge in [-0.05, 0) is 68.7 Å². The molecule has 1 saturated carbocycles. The Bertz CT molecular complexity index is 658. The molecule has 3 atom stereocenters. The van der Waals surface area contributed by atoms with Gasteiger partial charge < -0.3 is 15.4 Å². The first kappa shape index (κ1) is 19.2. The van der Waals surface area contributed by atoms with E-state index in [1.807, 2.05) is 19.9 Å². The van der Waals surface area contributed by atoms with Crippen LogP contribution in [0.25, 0.3) is 0 Å². The number of nitrogens with zero attached hydrogens (tertiary/aromatic N) is 1. The molecule has 4 heteroatoms. The second-order valence-electron chi connectivity index (χ2n) is 8.49. The van der Waals surface area contributed by atoms with Crippen molar-refractivity contribution in [3.63, 3.8) is 0 Å². The lowest BCUT2D eigenvalue weighted by atomic mass is 9.58. The van der Waals surface area contributed by atoms with Crippen molar-refractivity contribution in [3.05, 3.63) is 29.3 Å². The van der Waals surface area contributed by atoms with Crippen molar-refractivity contribution in [1.29, 1.82) is 0 Å². The number of benzene rings is 1. The van der Waals surface area contributed by atoms with E-state index in [-0.39, 0.29) is 23.6 Å². The molecule has 0 aliphatic heterocycles. The summed E-state index contributed by atoms with van der Waals surface area (Å²) in [6.45, 7) is 6.22. The lowest BCUT2D eigenvalue weighted by Crippen LogP contribution is -2.54. The average molecular weight is 359 g/mol. The molecule has 0 aromatic heterocycles. The number of amides is 1. The number of carbonyl (C=O) groups excluding carboxylic acids is 1. The minimum absolute atomic E-state index is 0.0189. The highest BCUT2D eigenvalue weighted by atomic mass is 16.6. The number of fused-ring (bicyclic) bond motifs is 4. The lowest BCUT2D eigenvalue weighted by molar-refractivity contribution is 0.151. The molecule has 2 aliphatic carbocycles. The Hall–Kier alpha value is -1.55. The monoisotopic (exact) mass is 358 g/mol. The first-order valence-corrected chi connectivity index (χ1v) is 10.2. The zero-order valence-electron chi connectivity index (χ0n) is 16.8. The zero-order chi connectivity index (χ0) is 18.9. The van der Waals surface area contributed by atoms with Crippen molar-refractivity contribution in [2.45, 2.75) is 83.2 Å². The molecule has 1 aromatic rings. The van der Waals surface area contributed by atoms with Crippen LogP contribution in [0.4, 0.5) is 4.79 Å². The highest BCUT2D eigenvalue weighted by Gasteiger charge is 2.46. The van der Waals surface area contributed by atoms with Crippen LogP contribution in [0.3, 0.4) is 0 Å². The van der Waals surface area contributed by atoms with Gasteiger partial charge in [-0.1, -0.05) is 32.3 Å². The van der Waals surface area contributed by atoms with Crippen LogP contribution in [0, 0.1) is 5.92 Å². The molecule has 1 amide bonds. The van der Waals surface area contributed by atoms with Crippen LogP contribution < -0.4 is 10.5 Å². The van der Waals surface area contributed by atoms with Gasteiger partial charge in [-0.15, -0.1) is 0 Å². The van der Waals surface area contributed by atoms with E-state index in [0.29, 0.717) is 11.7 Å². The number of hydrogen-bond donors (Lipinski definition) is 1. The molecule has 4 nitrogen and oxygen atoms in total. The van der Waals surface area contributed by atoms with Gasteiger partial charge in [0.2, 0.25) is 0 Å². The minimum atomic E-state index is -0.304. The third-order valence-corrected chi connectivity index (χ3v) is 6.84. The fraction of sp³-hybridized carbons (Fsp3) is 0.682. The number of carbonyl (C=O) groups is 1. The van der Waals surface area contributed by atoms with Crippen molar-refractivity contribution >= 4 is 6.09 Å². The molecule has 144 valence electrons. The molecule has 2 bridgehead atoms. The smallest absolute Gasteiger partial charge is 0.410 e. The van der Waals surface area contributed by atoms with Gasteiger partial charge in [-0.25, -0.2) is 4.79 Å². The molecule has 3 rings (SSSR count). The summed E-state index contributed by atoms with van der Waals surface area (Å²) in [7, 11) is 1.77. The van der Waals surface area contributed by atoms with E-state index in [1.54, 1.807) is 11.9 Å². The van der Waals surface area contributed by atoms with Crippen molar-refractivity contribution in [2.75, 3.05) is 7.05 Å². The molecule has 1 aromatic carbocycles. The first-order valence-electron chi connectivity index (χ1n) is 10.2. The molecule has 0 saturated heterocycles. The second kappa shape index (κ2) is 7.59. The fourth-order valence-electron chi connectivity index (χ4n) is 4.89. The molecule has 26 heavy (non-hydrogen) atoms. The lowest BCUT2D eigenvalue weighted by Gasteiger charge is -2.49. The number of rotatable bonds is 3. The standard InChI is InChI=1S/C22H34N2O2/c1-5-22-12-8-6-7-9-17(20(22)23)13-16-10-11-18(14-19(16)22)26-21(25)24(4)15(2)3/h10-11,14-15,17,20H,5-9,12-13,23H2,1-4H3/t17-,20-,22+/m0/s1. The summed E-state index contributed by atoms with van der Waals surface area (Å²) in [6.07, 6.45) is 7.99. The van der Waals surface area contributed by atoms with E-state index in [4.69, 9.17) is 10.5 Å². The maximum absolute atomic E-state index is 12.3. The summed E-state index contributed by atoms with van der Waals surface area (Å²) < 4.78 is 5.67. The summed E-state index contributed by atoms with van der Waals surface area (Å²) >= 11 is 0. The van der Waals surface area contributed by atoms with Crippen molar-refractivity contribution < 1.29 is 9.53 Å². The van der Waals surface area contributed by atoms with Crippen LogP contribution >= 0.6 is 0 Å². The van der Waals surface area contributed by atoms with E-state index < -0.39 is 0 Å². The van der Waals surface area contributed by atoms with Gasteiger partial charge in [0, 0.05) is 24.5 Å². The number of nitrogens with two attached hydrogens (primary N) is 1. The molecule has 0 radical (unpaired) electrons. The van der Waals surface area contributed by atoms with Gasteiger partial charge in [0.15, 0.2) is 0 Å². The summed E-state index contributed by atoms with van der Waals surface area (Å²) in [4.78, 5) is 13.9. The molecule has 0 heterocycles. The van der Waals surface area contributed by atoms with Crippen LogP contribution in [0.2, 0.25) is 0 Å². The zero-order valence-corrected chi connectivity index (χ0v) is 16.8. The third-order valence-electron chi connectivity index (χ3n) is 6.84. The normalized spacial score (nSPS) is 28.1. The number of hydrogen-bond acceptors (Lipinski definition) is 3. The Morgan fingerprint density at radius 3 is 2.81 bits per heavy atom. The Morgan fingerprint density at radius 2 is 2.12 bits per heavy atom. The molecule has 2 aliphatic rings. The van der Waals surface area contributed by atoms with Gasteiger partial charge in [0.1, 0.15) is 5.75 Å². The van der Waals surface area contributed by atoms with Gasteiger partial charge >= 0.3 is 6.09 Å². The van der Waals surface area contributed by atoms with E-state index in [1.165, 1.54) is 36.8 Å². The Labute approximate surface area is 158 Å². The Morgan fingerprint density at radius 1 is 1.35 bits per heavy atom. The summed E-state index contributed by atoms with van der Waals surface area (Å²) in [6, 6.07) is 6.53. The molecule has 1 fully saturated rings. The molecule has 0 spiro atoms. The second-order valence-corrected chi connectivity index (χ2v) is 8.49. The fourth-order valence-corrected chi connectivity index (χ4v) is 4.89. The topological polar surface area (TPSA) is 55.6 Å². The van der Waals surface area contributed by atoms with Gasteiger partial charge in [0.05, 0.1) is 0 Å². The highest BCUT2D eigenvalue weighted by Crippen LogP contribution is 2.48. The SMILES string of the molecule is CC[C@@]12CCCCC[C@@H](Cc3ccc(OC(=O)N(C)C(C)C)cc31)[C@@H]2N. The Balaban J connectivity index is 1.95. The van der Waals surface area contributed by atoms with E-state index in [2.05, 4.69) is 19.1 Å². The molecule has 0 unspecified atom stereocenters.